The number of carbonyl (C=O) groups is 1. The number of hydrogen-bond acceptors (Lipinski definition) is 4. The molecule has 0 aliphatic rings. The third kappa shape index (κ3) is 4.40. The number of halogens is 1. The molecule has 4 aromatic rings. The molecule has 0 unspecified atom stereocenters. The number of benzene rings is 3. The summed E-state index contributed by atoms with van der Waals surface area (Å²) in [6.45, 7) is 0. The summed E-state index contributed by atoms with van der Waals surface area (Å²) in [7, 11) is 0. The summed E-state index contributed by atoms with van der Waals surface area (Å²) in [5.74, 6) is 0.848. The molecule has 1 heterocycles. The molecule has 0 saturated heterocycles. The maximum absolute atomic E-state index is 12.9. The van der Waals surface area contributed by atoms with Crippen LogP contribution >= 0.6 is 11.8 Å². The van der Waals surface area contributed by atoms with Crippen LogP contribution < -0.4 is 5.32 Å². The van der Waals surface area contributed by atoms with Crippen LogP contribution in [0.25, 0.3) is 22.6 Å². The van der Waals surface area contributed by atoms with Crippen molar-refractivity contribution in [3.05, 3.63) is 78.6 Å². The quantitative estimate of drug-likeness (QED) is 0.424. The van der Waals surface area contributed by atoms with Crippen molar-refractivity contribution < 1.29 is 13.6 Å². The van der Waals surface area contributed by atoms with E-state index in [2.05, 4.69) is 10.3 Å². The molecule has 0 aliphatic carbocycles. The number of hydrogen-bond donors (Lipinski definition) is 1. The fraction of sp³-hybridized carbons (Fsp3) is 0.0909. The van der Waals surface area contributed by atoms with Crippen LogP contribution in [0.5, 0.6) is 0 Å². The summed E-state index contributed by atoms with van der Waals surface area (Å²) >= 11 is 1.52. The number of nitrogens with zero attached hydrogens (tertiary/aromatic N) is 1. The number of rotatable bonds is 6. The number of para-hydroxylation sites is 2. The molecular formula is C22H17FN2O2S. The molecular weight excluding hydrogens is 375 g/mol. The van der Waals surface area contributed by atoms with E-state index in [1.54, 1.807) is 12.1 Å². The highest BCUT2D eigenvalue weighted by atomic mass is 32.2. The highest BCUT2D eigenvalue weighted by Gasteiger charge is 2.08. The Labute approximate surface area is 165 Å². The zero-order chi connectivity index (χ0) is 19.3. The fourth-order valence-corrected chi connectivity index (χ4v) is 3.56. The van der Waals surface area contributed by atoms with E-state index < -0.39 is 0 Å². The normalized spacial score (nSPS) is 10.9. The van der Waals surface area contributed by atoms with Crippen LogP contribution in [0.15, 0.2) is 82.1 Å². The average molecular weight is 392 g/mol. The van der Waals surface area contributed by atoms with Crippen molar-refractivity contribution in [1.29, 1.82) is 0 Å². The Kier molecular flexibility index (Phi) is 5.39. The van der Waals surface area contributed by atoms with E-state index in [9.17, 15) is 9.18 Å². The van der Waals surface area contributed by atoms with E-state index in [-0.39, 0.29) is 11.7 Å². The van der Waals surface area contributed by atoms with Crippen molar-refractivity contribution >= 4 is 34.5 Å². The summed E-state index contributed by atoms with van der Waals surface area (Å²) in [5.41, 5.74) is 3.12. The topological polar surface area (TPSA) is 55.1 Å². The monoisotopic (exact) mass is 392 g/mol. The lowest BCUT2D eigenvalue weighted by Gasteiger charge is -2.06. The minimum absolute atomic E-state index is 0.0655. The summed E-state index contributed by atoms with van der Waals surface area (Å²) in [4.78, 5) is 17.5. The molecule has 1 N–H and O–H groups in total. The van der Waals surface area contributed by atoms with Crippen molar-refractivity contribution in [2.24, 2.45) is 0 Å². The van der Waals surface area contributed by atoms with E-state index in [0.29, 0.717) is 18.1 Å². The highest BCUT2D eigenvalue weighted by molar-refractivity contribution is 7.99. The van der Waals surface area contributed by atoms with Gasteiger partial charge in [-0.1, -0.05) is 12.1 Å². The average Bonchev–Trinajstić information content (AvgIpc) is 3.14. The second-order valence-electron chi connectivity index (χ2n) is 6.16. The molecule has 0 saturated carbocycles. The first kappa shape index (κ1) is 18.3. The van der Waals surface area contributed by atoms with Gasteiger partial charge in [-0.05, 0) is 60.7 Å². The predicted molar refractivity (Wildman–Crippen MR) is 110 cm³/mol. The van der Waals surface area contributed by atoms with Gasteiger partial charge in [0, 0.05) is 28.3 Å². The van der Waals surface area contributed by atoms with Gasteiger partial charge in [0.2, 0.25) is 11.8 Å². The van der Waals surface area contributed by atoms with Gasteiger partial charge >= 0.3 is 0 Å². The number of thioether (sulfide) groups is 1. The van der Waals surface area contributed by atoms with Crippen LogP contribution in [0.2, 0.25) is 0 Å². The maximum atomic E-state index is 12.9. The van der Waals surface area contributed by atoms with Crippen LogP contribution in [0.1, 0.15) is 6.42 Å². The second-order valence-corrected chi connectivity index (χ2v) is 7.33. The van der Waals surface area contributed by atoms with Crippen LogP contribution in [0.4, 0.5) is 10.1 Å². The standard InChI is InChI=1S/C22H17FN2O2S/c23-16-7-11-18(12-8-16)28-14-13-21(26)24-17-9-5-15(6-10-17)22-25-19-3-1-2-4-20(19)27-22/h1-12H,13-14H2,(H,24,26). The Morgan fingerprint density at radius 1 is 1.00 bits per heavy atom. The van der Waals surface area contributed by atoms with Gasteiger partial charge in [0.15, 0.2) is 5.58 Å². The first-order valence-electron chi connectivity index (χ1n) is 8.82. The molecule has 0 aliphatic heterocycles. The van der Waals surface area contributed by atoms with Gasteiger partial charge in [0.25, 0.3) is 0 Å². The zero-order valence-electron chi connectivity index (χ0n) is 14.9. The van der Waals surface area contributed by atoms with Gasteiger partial charge < -0.3 is 9.73 Å². The number of aromatic nitrogens is 1. The summed E-state index contributed by atoms with van der Waals surface area (Å²) in [6.07, 6.45) is 0.370. The minimum atomic E-state index is -0.261. The van der Waals surface area contributed by atoms with Gasteiger partial charge in [-0.25, -0.2) is 9.37 Å². The van der Waals surface area contributed by atoms with Gasteiger partial charge in [-0.2, -0.15) is 0 Å². The molecule has 0 bridgehead atoms. The lowest BCUT2D eigenvalue weighted by atomic mass is 10.2. The third-order valence-electron chi connectivity index (χ3n) is 4.12. The van der Waals surface area contributed by atoms with E-state index in [4.69, 9.17) is 4.42 Å². The van der Waals surface area contributed by atoms with Crippen molar-refractivity contribution in [3.8, 4) is 11.5 Å². The maximum Gasteiger partial charge on any atom is 0.227 e. The molecule has 3 aromatic carbocycles. The molecule has 140 valence electrons. The Balaban J connectivity index is 1.32. The Morgan fingerprint density at radius 2 is 1.75 bits per heavy atom. The van der Waals surface area contributed by atoms with Crippen molar-refractivity contribution in [3.63, 3.8) is 0 Å². The largest absolute Gasteiger partial charge is 0.436 e. The number of oxazole rings is 1. The lowest BCUT2D eigenvalue weighted by Crippen LogP contribution is -2.12. The number of carbonyl (C=O) groups excluding carboxylic acids is 1. The number of anilines is 1. The molecule has 6 heteroatoms. The number of nitrogens with one attached hydrogen (secondary N) is 1. The number of fused-ring (bicyclic) bond motifs is 1. The second kappa shape index (κ2) is 8.27. The Morgan fingerprint density at radius 3 is 2.50 bits per heavy atom. The van der Waals surface area contributed by atoms with Crippen molar-refractivity contribution in [2.75, 3.05) is 11.1 Å². The molecule has 4 nitrogen and oxygen atoms in total. The Bertz CT molecular complexity index is 1060. The Hall–Kier alpha value is -3.12. The molecule has 0 atom stereocenters. The third-order valence-corrected chi connectivity index (χ3v) is 5.13. The van der Waals surface area contributed by atoms with E-state index in [1.165, 1.54) is 23.9 Å². The van der Waals surface area contributed by atoms with Crippen LogP contribution in [-0.4, -0.2) is 16.6 Å². The van der Waals surface area contributed by atoms with E-state index in [0.717, 1.165) is 27.2 Å². The molecule has 0 radical (unpaired) electrons. The fourth-order valence-electron chi connectivity index (χ4n) is 2.71. The minimum Gasteiger partial charge on any atom is -0.436 e. The van der Waals surface area contributed by atoms with Crippen molar-refractivity contribution in [1.82, 2.24) is 4.98 Å². The lowest BCUT2D eigenvalue weighted by molar-refractivity contribution is -0.115. The van der Waals surface area contributed by atoms with Crippen LogP contribution in [-0.2, 0) is 4.79 Å². The SMILES string of the molecule is O=C(CCSc1ccc(F)cc1)Nc1ccc(-c2nc3ccccc3o2)cc1. The molecule has 0 spiro atoms. The first-order chi connectivity index (χ1) is 13.7. The van der Waals surface area contributed by atoms with Crippen molar-refractivity contribution in [2.45, 2.75) is 11.3 Å². The van der Waals surface area contributed by atoms with Gasteiger partial charge in [-0.3, -0.25) is 4.79 Å². The first-order valence-corrected chi connectivity index (χ1v) is 9.80. The molecule has 1 amide bonds. The van der Waals surface area contributed by atoms with E-state index >= 15 is 0 Å². The van der Waals surface area contributed by atoms with Gasteiger partial charge in [-0.15, -0.1) is 11.8 Å². The van der Waals surface area contributed by atoms with E-state index in [1.807, 2.05) is 48.5 Å². The molecule has 0 fully saturated rings. The molecule has 4 rings (SSSR count). The summed E-state index contributed by atoms with van der Waals surface area (Å²) < 4.78 is 18.6. The zero-order valence-corrected chi connectivity index (χ0v) is 15.7. The van der Waals surface area contributed by atoms with Gasteiger partial charge in [0.1, 0.15) is 11.3 Å². The smallest absolute Gasteiger partial charge is 0.227 e. The van der Waals surface area contributed by atoms with Crippen LogP contribution in [0.3, 0.4) is 0 Å². The van der Waals surface area contributed by atoms with Gasteiger partial charge in [0.05, 0.1) is 0 Å². The summed E-state index contributed by atoms with van der Waals surface area (Å²) in [6, 6.07) is 21.3. The predicted octanol–water partition coefficient (Wildman–Crippen LogP) is 5.75. The highest BCUT2D eigenvalue weighted by Crippen LogP contribution is 2.25. The van der Waals surface area contributed by atoms with Crippen LogP contribution in [0, 0.1) is 5.82 Å². The summed E-state index contributed by atoms with van der Waals surface area (Å²) in [5, 5.41) is 2.88. The molecule has 1 aromatic heterocycles. The number of amides is 1. The molecule has 28 heavy (non-hydrogen) atoms.